The second kappa shape index (κ2) is 7.62. The molecular weight excluding hydrogens is 360 g/mol. The van der Waals surface area contributed by atoms with Crippen molar-refractivity contribution in [2.75, 3.05) is 19.6 Å². The third-order valence-corrected chi connectivity index (χ3v) is 7.96. The SMILES string of the molecule is O=C(NCCCc1ccccc1)C1CC12CCN(C(=O)[C@@H]1C[C@H]3C=C[C@@H]1C3)CC2. The van der Waals surface area contributed by atoms with Crippen LogP contribution in [0.5, 0.6) is 0 Å². The molecule has 4 atom stereocenters. The molecule has 4 heteroatoms. The monoisotopic (exact) mass is 392 g/mol. The molecule has 3 fully saturated rings. The third kappa shape index (κ3) is 3.74. The summed E-state index contributed by atoms with van der Waals surface area (Å²) in [6.07, 6.45) is 11.8. The highest BCUT2D eigenvalue weighted by Crippen LogP contribution is 2.59. The van der Waals surface area contributed by atoms with Gasteiger partial charge in [-0.25, -0.2) is 0 Å². The molecule has 5 rings (SSSR count). The highest BCUT2D eigenvalue weighted by molar-refractivity contribution is 5.83. The fraction of sp³-hybridized carbons (Fsp3) is 0.600. The quantitative estimate of drug-likeness (QED) is 0.594. The minimum Gasteiger partial charge on any atom is -0.356 e. The summed E-state index contributed by atoms with van der Waals surface area (Å²) in [6.45, 7) is 2.44. The van der Waals surface area contributed by atoms with Crippen LogP contribution in [0.25, 0.3) is 0 Å². The molecule has 1 aliphatic heterocycles. The molecule has 0 aromatic heterocycles. The molecule has 3 aliphatic carbocycles. The van der Waals surface area contributed by atoms with E-state index in [1.54, 1.807) is 0 Å². The Morgan fingerprint density at radius 3 is 2.55 bits per heavy atom. The largest absolute Gasteiger partial charge is 0.356 e. The van der Waals surface area contributed by atoms with E-state index in [1.165, 1.54) is 12.0 Å². The summed E-state index contributed by atoms with van der Waals surface area (Å²) in [5.41, 5.74) is 1.50. The molecule has 1 aromatic rings. The fourth-order valence-electron chi connectivity index (χ4n) is 6.01. The summed E-state index contributed by atoms with van der Waals surface area (Å²) in [7, 11) is 0. The van der Waals surface area contributed by atoms with Gasteiger partial charge in [0.25, 0.3) is 0 Å². The molecule has 1 unspecified atom stereocenters. The summed E-state index contributed by atoms with van der Waals surface area (Å²) in [4.78, 5) is 27.6. The molecule has 1 aromatic carbocycles. The van der Waals surface area contributed by atoms with Crippen LogP contribution in [0.3, 0.4) is 0 Å². The molecule has 2 bridgehead atoms. The molecule has 4 nitrogen and oxygen atoms in total. The summed E-state index contributed by atoms with van der Waals surface area (Å²) >= 11 is 0. The Balaban J connectivity index is 1.04. The van der Waals surface area contributed by atoms with E-state index in [-0.39, 0.29) is 23.2 Å². The summed E-state index contributed by atoms with van der Waals surface area (Å²) in [5, 5.41) is 3.16. The number of nitrogens with zero attached hydrogens (tertiary/aromatic N) is 1. The highest BCUT2D eigenvalue weighted by Gasteiger charge is 2.59. The summed E-state index contributed by atoms with van der Waals surface area (Å²) in [5.74, 6) is 2.13. The van der Waals surface area contributed by atoms with Crippen molar-refractivity contribution in [2.45, 2.75) is 44.9 Å². The van der Waals surface area contributed by atoms with Crippen molar-refractivity contribution >= 4 is 11.8 Å². The zero-order chi connectivity index (χ0) is 19.8. The van der Waals surface area contributed by atoms with E-state index in [0.717, 1.165) is 58.2 Å². The van der Waals surface area contributed by atoms with Gasteiger partial charge in [0.15, 0.2) is 0 Å². The van der Waals surface area contributed by atoms with E-state index >= 15 is 0 Å². The van der Waals surface area contributed by atoms with Crippen molar-refractivity contribution in [2.24, 2.45) is 29.1 Å². The number of aryl methyl sites for hydroxylation is 1. The number of hydrogen-bond donors (Lipinski definition) is 1. The molecule has 2 saturated carbocycles. The zero-order valence-corrected chi connectivity index (χ0v) is 17.2. The number of carbonyl (C=O) groups excluding carboxylic acids is 2. The molecule has 1 N–H and O–H groups in total. The van der Waals surface area contributed by atoms with Gasteiger partial charge >= 0.3 is 0 Å². The molecule has 0 radical (unpaired) electrons. The van der Waals surface area contributed by atoms with Gasteiger partial charge in [-0.05, 0) is 67.8 Å². The number of benzene rings is 1. The van der Waals surface area contributed by atoms with E-state index in [9.17, 15) is 9.59 Å². The minimum absolute atomic E-state index is 0.168. The number of hydrogen-bond acceptors (Lipinski definition) is 2. The first kappa shape index (κ1) is 18.9. The molecule has 29 heavy (non-hydrogen) atoms. The van der Waals surface area contributed by atoms with Crippen LogP contribution in [0.2, 0.25) is 0 Å². The molecule has 1 spiro atoms. The van der Waals surface area contributed by atoms with Crippen LogP contribution >= 0.6 is 0 Å². The number of carbonyl (C=O) groups is 2. The maximum atomic E-state index is 12.9. The molecular formula is C25H32N2O2. The lowest BCUT2D eigenvalue weighted by atomic mass is 9.87. The van der Waals surface area contributed by atoms with Gasteiger partial charge in [-0.1, -0.05) is 42.5 Å². The Bertz CT molecular complexity index is 794. The first-order valence-electron chi connectivity index (χ1n) is 11.4. The van der Waals surface area contributed by atoms with Crippen LogP contribution in [-0.4, -0.2) is 36.3 Å². The first-order valence-corrected chi connectivity index (χ1v) is 11.4. The van der Waals surface area contributed by atoms with E-state index in [0.29, 0.717) is 17.7 Å². The average Bonchev–Trinajstić information content (AvgIpc) is 3.09. The lowest BCUT2D eigenvalue weighted by molar-refractivity contribution is -0.138. The van der Waals surface area contributed by atoms with E-state index in [4.69, 9.17) is 0 Å². The van der Waals surface area contributed by atoms with Crippen LogP contribution in [-0.2, 0) is 16.0 Å². The maximum absolute atomic E-state index is 12.9. The molecule has 4 aliphatic rings. The molecule has 1 heterocycles. The number of amides is 2. The van der Waals surface area contributed by atoms with Crippen molar-refractivity contribution in [3.8, 4) is 0 Å². The van der Waals surface area contributed by atoms with E-state index in [2.05, 4.69) is 46.6 Å². The Kier molecular flexibility index (Phi) is 4.97. The smallest absolute Gasteiger partial charge is 0.226 e. The van der Waals surface area contributed by atoms with Crippen molar-refractivity contribution in [1.29, 1.82) is 0 Å². The van der Waals surface area contributed by atoms with Crippen LogP contribution in [0.1, 0.15) is 44.1 Å². The standard InChI is InChI=1S/C25H32N2O2/c28-23(26-12-4-7-18-5-2-1-3-6-18)22-17-25(22)10-13-27(14-11-25)24(29)21-16-19-8-9-20(21)15-19/h1-3,5-6,8-9,19-22H,4,7,10-17H2,(H,26,28)/t19-,20+,21+,22?/m0/s1. The minimum atomic E-state index is 0.168. The van der Waals surface area contributed by atoms with Crippen molar-refractivity contribution in [3.05, 3.63) is 48.0 Å². The predicted octanol–water partition coefficient (Wildman–Crippen LogP) is 3.58. The van der Waals surface area contributed by atoms with Gasteiger partial charge in [0.2, 0.25) is 11.8 Å². The van der Waals surface area contributed by atoms with Gasteiger partial charge in [-0.2, -0.15) is 0 Å². The predicted molar refractivity (Wildman–Crippen MR) is 113 cm³/mol. The Hall–Kier alpha value is -2.10. The average molecular weight is 393 g/mol. The van der Waals surface area contributed by atoms with Crippen LogP contribution in [0.15, 0.2) is 42.5 Å². The molecule has 2 amide bonds. The number of rotatable bonds is 6. The van der Waals surface area contributed by atoms with Gasteiger partial charge in [0.1, 0.15) is 0 Å². The Morgan fingerprint density at radius 1 is 1.07 bits per heavy atom. The number of allylic oxidation sites excluding steroid dienone is 2. The normalized spacial score (nSPS) is 31.2. The van der Waals surface area contributed by atoms with Gasteiger partial charge in [-0.3, -0.25) is 9.59 Å². The number of likely N-dealkylation sites (tertiary alicyclic amines) is 1. The number of piperidine rings is 1. The summed E-state index contributed by atoms with van der Waals surface area (Å²) < 4.78 is 0. The van der Waals surface area contributed by atoms with Crippen LogP contribution < -0.4 is 5.32 Å². The summed E-state index contributed by atoms with van der Waals surface area (Å²) in [6, 6.07) is 10.4. The van der Waals surface area contributed by atoms with Gasteiger partial charge in [0, 0.05) is 31.5 Å². The lowest BCUT2D eigenvalue weighted by Crippen LogP contribution is -2.44. The Morgan fingerprint density at radius 2 is 1.86 bits per heavy atom. The van der Waals surface area contributed by atoms with E-state index in [1.807, 2.05) is 6.07 Å². The first-order chi connectivity index (χ1) is 14.1. The van der Waals surface area contributed by atoms with Gasteiger partial charge in [0.05, 0.1) is 0 Å². The molecule has 1 saturated heterocycles. The third-order valence-electron chi connectivity index (χ3n) is 7.96. The topological polar surface area (TPSA) is 49.4 Å². The van der Waals surface area contributed by atoms with Crippen LogP contribution in [0.4, 0.5) is 0 Å². The highest BCUT2D eigenvalue weighted by atomic mass is 16.2. The molecule has 154 valence electrons. The van der Waals surface area contributed by atoms with Crippen LogP contribution in [0, 0.1) is 29.1 Å². The van der Waals surface area contributed by atoms with Gasteiger partial charge < -0.3 is 10.2 Å². The number of fused-ring (bicyclic) bond motifs is 2. The van der Waals surface area contributed by atoms with Gasteiger partial charge in [-0.15, -0.1) is 0 Å². The second-order valence-electron chi connectivity index (χ2n) is 9.71. The maximum Gasteiger partial charge on any atom is 0.226 e. The van der Waals surface area contributed by atoms with Crippen molar-refractivity contribution < 1.29 is 9.59 Å². The number of nitrogens with one attached hydrogen (secondary N) is 1. The lowest BCUT2D eigenvalue weighted by Gasteiger charge is -2.35. The second-order valence-corrected chi connectivity index (χ2v) is 9.71. The van der Waals surface area contributed by atoms with E-state index < -0.39 is 0 Å². The fourth-order valence-corrected chi connectivity index (χ4v) is 6.01. The Labute approximate surface area is 173 Å². The zero-order valence-electron chi connectivity index (χ0n) is 17.2. The van der Waals surface area contributed by atoms with Crippen molar-refractivity contribution in [3.63, 3.8) is 0 Å². The van der Waals surface area contributed by atoms with Crippen molar-refractivity contribution in [1.82, 2.24) is 10.2 Å².